The third kappa shape index (κ3) is 10.6. The van der Waals surface area contributed by atoms with Gasteiger partial charge in [0.1, 0.15) is 12.4 Å². The number of amides is 1. The van der Waals surface area contributed by atoms with Crippen LogP contribution in [0.5, 0.6) is 5.75 Å². The van der Waals surface area contributed by atoms with E-state index in [1.54, 1.807) is 24.5 Å². The first-order valence-corrected chi connectivity index (χ1v) is 15.8. The molecule has 0 aliphatic rings. The Labute approximate surface area is 283 Å². The maximum Gasteiger partial charge on any atom is 0.407 e. The van der Waals surface area contributed by atoms with Crippen LogP contribution in [0.25, 0.3) is 22.8 Å². The van der Waals surface area contributed by atoms with Crippen LogP contribution in [0, 0.1) is 10.1 Å². The minimum absolute atomic E-state index is 0.000385. The molecule has 0 aliphatic heterocycles. The quantitative estimate of drug-likeness (QED) is 0.0480. The van der Waals surface area contributed by atoms with E-state index in [1.807, 2.05) is 84.7 Å². The highest BCUT2D eigenvalue weighted by Gasteiger charge is 2.10. The number of hydrogen-bond acceptors (Lipinski definition) is 11. The highest BCUT2D eigenvalue weighted by atomic mass is 16.6. The summed E-state index contributed by atoms with van der Waals surface area (Å²) in [5, 5.41) is 21.9. The van der Waals surface area contributed by atoms with Gasteiger partial charge in [-0.1, -0.05) is 12.1 Å². The van der Waals surface area contributed by atoms with Gasteiger partial charge < -0.3 is 19.7 Å². The lowest BCUT2D eigenvalue weighted by Gasteiger charge is -2.19. The number of alkyl carbamates (subject to hydrolysis) is 1. The Bertz CT molecular complexity index is 1770. The number of non-ortho nitro benzene ring substituents is 1. The Balaban J connectivity index is 0.969. The van der Waals surface area contributed by atoms with Crippen LogP contribution in [-0.2, 0) is 4.74 Å². The van der Waals surface area contributed by atoms with Crippen LogP contribution in [0.4, 0.5) is 27.5 Å². The topological polar surface area (TPSA) is 157 Å². The van der Waals surface area contributed by atoms with Crippen LogP contribution < -0.4 is 15.0 Å². The third-order valence-electron chi connectivity index (χ3n) is 7.30. The number of hydrogen-bond donors (Lipinski definition) is 1. The predicted molar refractivity (Wildman–Crippen MR) is 186 cm³/mol. The molecule has 0 radical (unpaired) electrons. The number of pyridine rings is 3. The molecule has 13 heteroatoms. The number of ether oxygens (including phenoxy) is 2. The number of nitro groups is 1. The number of nitrogens with zero attached hydrogens (tertiary/aromatic N) is 7. The normalized spacial score (nSPS) is 10.9. The number of carbonyl (C=O) groups is 1. The van der Waals surface area contributed by atoms with E-state index < -0.39 is 11.0 Å². The van der Waals surface area contributed by atoms with Crippen molar-refractivity contribution in [2.45, 2.75) is 19.3 Å². The molecule has 1 N–H and O–H groups in total. The Hall–Kier alpha value is -6.24. The molecule has 0 atom stereocenters. The highest BCUT2D eigenvalue weighted by molar-refractivity contribution is 5.67. The van der Waals surface area contributed by atoms with Crippen LogP contribution in [0.2, 0.25) is 0 Å². The van der Waals surface area contributed by atoms with Gasteiger partial charge in [0.25, 0.3) is 5.69 Å². The summed E-state index contributed by atoms with van der Waals surface area (Å²) in [6, 6.07) is 28.4. The molecule has 5 rings (SSSR count). The molecule has 3 heterocycles. The molecule has 0 bridgehead atoms. The highest BCUT2D eigenvalue weighted by Crippen LogP contribution is 2.27. The molecule has 3 aromatic heterocycles. The average Bonchev–Trinajstić information content (AvgIpc) is 3.14. The number of azo groups is 1. The maximum absolute atomic E-state index is 12.2. The summed E-state index contributed by atoms with van der Waals surface area (Å²) in [4.78, 5) is 38.1. The minimum atomic E-state index is -0.460. The Morgan fingerprint density at radius 3 is 1.98 bits per heavy atom. The van der Waals surface area contributed by atoms with E-state index in [4.69, 9.17) is 14.5 Å². The fourth-order valence-electron chi connectivity index (χ4n) is 4.65. The molecule has 0 saturated heterocycles. The molecule has 49 heavy (non-hydrogen) atoms. The van der Waals surface area contributed by atoms with Crippen LogP contribution in [0.1, 0.15) is 19.3 Å². The fraction of sp³-hybridized carbons (Fsp3) is 0.222. The van der Waals surface area contributed by atoms with Crippen molar-refractivity contribution in [3.05, 3.63) is 120 Å². The number of likely N-dealkylation sites (N-methyl/N-ethyl adjacent to an activating group) is 1. The lowest BCUT2D eigenvalue weighted by atomic mass is 10.2. The average molecular weight is 661 g/mol. The van der Waals surface area contributed by atoms with Gasteiger partial charge in [0.05, 0.1) is 52.2 Å². The van der Waals surface area contributed by atoms with Gasteiger partial charge in [0.15, 0.2) is 0 Å². The van der Waals surface area contributed by atoms with Crippen molar-refractivity contribution in [2.24, 2.45) is 10.2 Å². The minimum Gasteiger partial charge on any atom is -0.493 e. The maximum atomic E-state index is 12.2. The van der Waals surface area contributed by atoms with Gasteiger partial charge in [0.2, 0.25) is 0 Å². The van der Waals surface area contributed by atoms with Crippen LogP contribution in [-0.4, -0.2) is 59.3 Å². The molecule has 0 spiro atoms. The molecular formula is C36H36N8O5. The third-order valence-corrected chi connectivity index (χ3v) is 7.30. The Morgan fingerprint density at radius 2 is 1.41 bits per heavy atom. The summed E-state index contributed by atoms with van der Waals surface area (Å²) in [5.41, 5.74) is 5.02. The second kappa shape index (κ2) is 17.6. The molecule has 1 amide bonds. The lowest BCUT2D eigenvalue weighted by Crippen LogP contribution is -2.29. The Morgan fingerprint density at radius 1 is 0.796 bits per heavy atom. The zero-order valence-corrected chi connectivity index (χ0v) is 27.0. The van der Waals surface area contributed by atoms with E-state index in [0.717, 1.165) is 36.3 Å². The van der Waals surface area contributed by atoms with E-state index >= 15 is 0 Å². The lowest BCUT2D eigenvalue weighted by molar-refractivity contribution is -0.384. The molecule has 0 unspecified atom stereocenters. The monoisotopic (exact) mass is 660 g/mol. The van der Waals surface area contributed by atoms with Gasteiger partial charge in [-0.2, -0.15) is 10.2 Å². The summed E-state index contributed by atoms with van der Waals surface area (Å²) in [6.45, 7) is 1.76. The number of nitrogens with one attached hydrogen (secondary N) is 1. The van der Waals surface area contributed by atoms with Crippen molar-refractivity contribution < 1.29 is 19.2 Å². The van der Waals surface area contributed by atoms with Crippen LogP contribution >= 0.6 is 0 Å². The van der Waals surface area contributed by atoms with Gasteiger partial charge in [-0.25, -0.2) is 9.78 Å². The molecular weight excluding hydrogens is 624 g/mol. The smallest absolute Gasteiger partial charge is 0.407 e. The van der Waals surface area contributed by atoms with Gasteiger partial charge >= 0.3 is 6.09 Å². The van der Waals surface area contributed by atoms with Crippen molar-refractivity contribution in [2.75, 3.05) is 38.3 Å². The summed E-state index contributed by atoms with van der Waals surface area (Å²) in [5.74, 6) is 0.698. The van der Waals surface area contributed by atoms with E-state index in [2.05, 4.69) is 25.5 Å². The SMILES string of the molecule is CN(CCOC(=O)NCCCCCOc1cc(-c2ccccn2)nc(-c2ccccn2)c1)c1ccc(N=Nc2ccc([N+](=O)[O-])cc2)cc1. The van der Waals surface area contributed by atoms with Crippen molar-refractivity contribution in [3.8, 4) is 28.5 Å². The van der Waals surface area contributed by atoms with Crippen LogP contribution in [0.3, 0.4) is 0 Å². The molecule has 250 valence electrons. The first-order valence-electron chi connectivity index (χ1n) is 15.8. The molecule has 13 nitrogen and oxygen atoms in total. The number of nitro benzene ring substituents is 1. The number of aromatic nitrogens is 3. The molecule has 2 aromatic carbocycles. The number of carbonyl (C=O) groups excluding carboxylic acids is 1. The molecule has 0 fully saturated rings. The van der Waals surface area contributed by atoms with Crippen molar-refractivity contribution in [1.82, 2.24) is 20.3 Å². The zero-order chi connectivity index (χ0) is 34.3. The predicted octanol–water partition coefficient (Wildman–Crippen LogP) is 7.94. The van der Waals surface area contributed by atoms with E-state index in [1.165, 1.54) is 12.1 Å². The van der Waals surface area contributed by atoms with Crippen molar-refractivity contribution >= 4 is 28.8 Å². The first kappa shape index (κ1) is 34.1. The summed E-state index contributed by atoms with van der Waals surface area (Å²) in [7, 11) is 1.90. The molecule has 0 saturated carbocycles. The summed E-state index contributed by atoms with van der Waals surface area (Å²) in [6.07, 6.45) is 5.50. The van der Waals surface area contributed by atoms with E-state index in [9.17, 15) is 14.9 Å². The standard InChI is InChI=1S/C36H36N8O5/c1-43(29-15-11-27(12-16-29)41-42-28-13-17-30(18-14-28)44(46)47)22-24-49-36(45)39-21-5-2-8-23-48-31-25-34(32-9-3-6-19-37-32)40-35(26-31)33-10-4-7-20-38-33/h3-4,6-7,9-20,25-26H,2,5,8,21-24H2,1H3,(H,39,45). The number of unbranched alkanes of at least 4 members (excludes halogenated alkanes) is 2. The number of rotatable bonds is 16. The molecule has 0 aliphatic carbocycles. The molecule has 5 aromatic rings. The van der Waals surface area contributed by atoms with E-state index in [0.29, 0.717) is 48.2 Å². The fourth-order valence-corrected chi connectivity index (χ4v) is 4.65. The van der Waals surface area contributed by atoms with Gasteiger partial charge in [0, 0.05) is 55.9 Å². The van der Waals surface area contributed by atoms with Crippen LogP contribution in [0.15, 0.2) is 120 Å². The van der Waals surface area contributed by atoms with Crippen molar-refractivity contribution in [1.29, 1.82) is 0 Å². The first-order chi connectivity index (χ1) is 23.9. The van der Waals surface area contributed by atoms with Gasteiger partial charge in [-0.3, -0.25) is 20.1 Å². The second-order valence-corrected chi connectivity index (χ2v) is 10.9. The second-order valence-electron chi connectivity index (χ2n) is 10.9. The summed E-state index contributed by atoms with van der Waals surface area (Å²) < 4.78 is 11.4. The van der Waals surface area contributed by atoms with Crippen molar-refractivity contribution in [3.63, 3.8) is 0 Å². The zero-order valence-electron chi connectivity index (χ0n) is 27.0. The van der Waals surface area contributed by atoms with Gasteiger partial charge in [-0.15, -0.1) is 0 Å². The van der Waals surface area contributed by atoms with E-state index in [-0.39, 0.29) is 12.3 Å². The number of benzene rings is 2. The summed E-state index contributed by atoms with van der Waals surface area (Å²) >= 11 is 0. The largest absolute Gasteiger partial charge is 0.493 e. The Kier molecular flexibility index (Phi) is 12.3. The van der Waals surface area contributed by atoms with Gasteiger partial charge in [-0.05, 0) is 79.9 Å². The number of anilines is 1.